The van der Waals surface area contributed by atoms with Gasteiger partial charge in [-0.1, -0.05) is 45.0 Å². The van der Waals surface area contributed by atoms with Gasteiger partial charge in [0.05, 0.1) is 7.11 Å². The van der Waals surface area contributed by atoms with E-state index in [1.807, 2.05) is 0 Å². The zero-order chi connectivity index (χ0) is 17.2. The van der Waals surface area contributed by atoms with Gasteiger partial charge in [0.1, 0.15) is 5.75 Å². The molecule has 2 aromatic carbocycles. The van der Waals surface area contributed by atoms with Gasteiger partial charge in [0.15, 0.2) is 0 Å². The summed E-state index contributed by atoms with van der Waals surface area (Å²) in [6.45, 7) is 13.1. The molecule has 2 nitrogen and oxygen atoms in total. The highest BCUT2D eigenvalue weighted by atomic mass is 16.5. The Labute approximate surface area is 140 Å². The van der Waals surface area contributed by atoms with Crippen molar-refractivity contribution >= 4 is 5.69 Å². The van der Waals surface area contributed by atoms with Crippen molar-refractivity contribution in [2.24, 2.45) is 0 Å². The Hall–Kier alpha value is -1.96. The Morgan fingerprint density at radius 2 is 1.48 bits per heavy atom. The van der Waals surface area contributed by atoms with Gasteiger partial charge < -0.3 is 10.1 Å². The van der Waals surface area contributed by atoms with Crippen LogP contribution in [0.15, 0.2) is 36.4 Å². The lowest BCUT2D eigenvalue weighted by Gasteiger charge is -2.21. The highest BCUT2D eigenvalue weighted by Gasteiger charge is 2.14. The number of hydrogen-bond donors (Lipinski definition) is 1. The van der Waals surface area contributed by atoms with Gasteiger partial charge in [-0.25, -0.2) is 0 Å². The Bertz CT molecular complexity index is 642. The third-order valence-electron chi connectivity index (χ3n) is 4.32. The van der Waals surface area contributed by atoms with Gasteiger partial charge in [-0.15, -0.1) is 0 Å². The lowest BCUT2D eigenvalue weighted by Crippen LogP contribution is -2.12. The van der Waals surface area contributed by atoms with Crippen molar-refractivity contribution in [2.45, 2.75) is 53.0 Å². The zero-order valence-corrected chi connectivity index (χ0v) is 15.4. The second kappa shape index (κ2) is 6.66. The summed E-state index contributed by atoms with van der Waals surface area (Å²) in [4.78, 5) is 0. The number of nitrogens with one attached hydrogen (secondary N) is 1. The van der Waals surface area contributed by atoms with Crippen LogP contribution in [0.4, 0.5) is 5.69 Å². The molecule has 0 fully saturated rings. The Kier molecular flexibility index (Phi) is 5.03. The third-order valence-corrected chi connectivity index (χ3v) is 4.32. The van der Waals surface area contributed by atoms with Crippen molar-refractivity contribution in [3.63, 3.8) is 0 Å². The largest absolute Gasteiger partial charge is 0.496 e. The number of hydrogen-bond acceptors (Lipinski definition) is 2. The first kappa shape index (κ1) is 17.4. The maximum absolute atomic E-state index is 5.44. The number of rotatable bonds is 4. The molecule has 2 heteroatoms. The monoisotopic (exact) mass is 311 g/mol. The molecular weight excluding hydrogens is 282 g/mol. The number of benzene rings is 2. The molecule has 2 rings (SSSR count). The molecule has 2 aromatic rings. The standard InChI is InChI=1S/C21H29NO/c1-14-12-19(13-15(2)20(14)23-7)22-16(3)17-8-10-18(11-9-17)21(4,5)6/h8-13,16,22H,1-7H3/t16-/m0/s1. The smallest absolute Gasteiger partial charge is 0.124 e. The molecule has 0 unspecified atom stereocenters. The number of ether oxygens (including phenoxy) is 1. The molecule has 0 heterocycles. The van der Waals surface area contributed by atoms with Crippen LogP contribution in [0.1, 0.15) is 56.0 Å². The SMILES string of the molecule is COc1c(C)cc(N[C@@H](C)c2ccc(C(C)(C)C)cc2)cc1C. The van der Waals surface area contributed by atoms with Crippen LogP contribution in [0.3, 0.4) is 0 Å². The maximum atomic E-state index is 5.44. The Morgan fingerprint density at radius 3 is 1.91 bits per heavy atom. The molecule has 0 bridgehead atoms. The van der Waals surface area contributed by atoms with Crippen molar-refractivity contribution in [1.82, 2.24) is 0 Å². The minimum absolute atomic E-state index is 0.194. The summed E-state index contributed by atoms with van der Waals surface area (Å²) in [5.74, 6) is 0.970. The lowest BCUT2D eigenvalue weighted by atomic mass is 9.86. The molecule has 0 spiro atoms. The van der Waals surface area contributed by atoms with E-state index in [1.54, 1.807) is 7.11 Å². The van der Waals surface area contributed by atoms with E-state index in [0.717, 1.165) is 22.6 Å². The lowest BCUT2D eigenvalue weighted by molar-refractivity contribution is 0.408. The van der Waals surface area contributed by atoms with Crippen LogP contribution in [0.2, 0.25) is 0 Å². The molecule has 0 radical (unpaired) electrons. The highest BCUT2D eigenvalue weighted by Crippen LogP contribution is 2.29. The normalized spacial score (nSPS) is 12.8. The van der Waals surface area contributed by atoms with Crippen molar-refractivity contribution in [3.8, 4) is 5.75 Å². The number of anilines is 1. The molecule has 23 heavy (non-hydrogen) atoms. The first-order valence-corrected chi connectivity index (χ1v) is 8.24. The summed E-state index contributed by atoms with van der Waals surface area (Å²) in [6.07, 6.45) is 0. The van der Waals surface area contributed by atoms with E-state index in [0.29, 0.717) is 0 Å². The molecule has 0 aliphatic heterocycles. The molecule has 124 valence electrons. The van der Waals surface area contributed by atoms with Crippen LogP contribution >= 0.6 is 0 Å². The molecule has 1 N–H and O–H groups in total. The molecule has 0 saturated carbocycles. The van der Waals surface area contributed by atoms with Crippen molar-refractivity contribution < 1.29 is 4.74 Å². The van der Waals surface area contributed by atoms with E-state index >= 15 is 0 Å². The van der Waals surface area contributed by atoms with E-state index in [9.17, 15) is 0 Å². The first-order chi connectivity index (χ1) is 10.7. The van der Waals surface area contributed by atoms with E-state index in [4.69, 9.17) is 4.74 Å². The van der Waals surface area contributed by atoms with E-state index in [2.05, 4.69) is 83.3 Å². The molecular formula is C21H29NO. The quantitative estimate of drug-likeness (QED) is 0.772. The number of aryl methyl sites for hydroxylation is 2. The van der Waals surface area contributed by atoms with Crippen LogP contribution in [-0.4, -0.2) is 7.11 Å². The fourth-order valence-corrected chi connectivity index (χ4v) is 2.96. The van der Waals surface area contributed by atoms with Crippen LogP contribution in [0.5, 0.6) is 5.75 Å². The average Bonchev–Trinajstić information content (AvgIpc) is 2.46. The fourth-order valence-electron chi connectivity index (χ4n) is 2.96. The van der Waals surface area contributed by atoms with Gasteiger partial charge in [-0.2, -0.15) is 0 Å². The van der Waals surface area contributed by atoms with Crippen LogP contribution in [0, 0.1) is 13.8 Å². The summed E-state index contributed by atoms with van der Waals surface area (Å²) < 4.78 is 5.44. The molecule has 1 atom stereocenters. The Morgan fingerprint density at radius 1 is 0.957 bits per heavy atom. The molecule has 0 aliphatic carbocycles. The van der Waals surface area contributed by atoms with Crippen LogP contribution in [0.25, 0.3) is 0 Å². The molecule has 0 saturated heterocycles. The fraction of sp³-hybridized carbons (Fsp3) is 0.429. The zero-order valence-electron chi connectivity index (χ0n) is 15.4. The van der Waals surface area contributed by atoms with Crippen LogP contribution in [-0.2, 0) is 5.41 Å². The predicted octanol–water partition coefficient (Wildman–Crippen LogP) is 5.78. The summed E-state index contributed by atoms with van der Waals surface area (Å²) >= 11 is 0. The first-order valence-electron chi connectivity index (χ1n) is 8.24. The van der Waals surface area contributed by atoms with Gasteiger partial charge in [0.25, 0.3) is 0 Å². The molecule has 0 aliphatic rings. The maximum Gasteiger partial charge on any atom is 0.124 e. The highest BCUT2D eigenvalue weighted by molar-refractivity contribution is 5.56. The van der Waals surface area contributed by atoms with Gasteiger partial charge in [0, 0.05) is 11.7 Å². The van der Waals surface area contributed by atoms with Gasteiger partial charge in [0.2, 0.25) is 0 Å². The van der Waals surface area contributed by atoms with Crippen LogP contribution < -0.4 is 10.1 Å². The molecule has 0 amide bonds. The Balaban J connectivity index is 2.17. The topological polar surface area (TPSA) is 21.3 Å². The summed E-state index contributed by atoms with van der Waals surface area (Å²) in [6, 6.07) is 13.5. The summed E-state index contributed by atoms with van der Waals surface area (Å²) in [5, 5.41) is 3.59. The predicted molar refractivity (Wildman–Crippen MR) is 99.6 cm³/mol. The van der Waals surface area contributed by atoms with Crippen molar-refractivity contribution in [2.75, 3.05) is 12.4 Å². The summed E-state index contributed by atoms with van der Waals surface area (Å²) in [7, 11) is 1.72. The van der Waals surface area contributed by atoms with E-state index < -0.39 is 0 Å². The average molecular weight is 311 g/mol. The minimum Gasteiger partial charge on any atom is -0.496 e. The second-order valence-electron chi connectivity index (χ2n) is 7.38. The second-order valence-corrected chi connectivity index (χ2v) is 7.38. The van der Waals surface area contributed by atoms with Gasteiger partial charge >= 0.3 is 0 Å². The minimum atomic E-state index is 0.194. The molecule has 0 aromatic heterocycles. The van der Waals surface area contributed by atoms with E-state index in [1.165, 1.54) is 11.1 Å². The summed E-state index contributed by atoms with van der Waals surface area (Å²) in [5.41, 5.74) is 6.30. The van der Waals surface area contributed by atoms with Crippen molar-refractivity contribution in [1.29, 1.82) is 0 Å². The van der Waals surface area contributed by atoms with Gasteiger partial charge in [-0.3, -0.25) is 0 Å². The van der Waals surface area contributed by atoms with Gasteiger partial charge in [-0.05, 0) is 60.6 Å². The van der Waals surface area contributed by atoms with Crippen molar-refractivity contribution in [3.05, 3.63) is 58.7 Å². The number of methoxy groups -OCH3 is 1. The van der Waals surface area contributed by atoms with E-state index in [-0.39, 0.29) is 11.5 Å². The third kappa shape index (κ3) is 4.07.